The molecule has 0 bridgehead atoms. The smallest absolute Gasteiger partial charge is 0.0592 e. The maximum atomic E-state index is 10.2. The Morgan fingerprint density at radius 3 is 1.83 bits per heavy atom. The second-order valence-electron chi connectivity index (χ2n) is 5.20. The van der Waals surface area contributed by atoms with E-state index in [9.17, 15) is 15.0 Å². The van der Waals surface area contributed by atoms with Gasteiger partial charge in [-0.1, -0.05) is 71.1 Å². The standard InChI is InChI=1S/C15H30O3/c1-2-3-4-5-6-7-8-9-10-11-12-14(16)13-15(17)18/h14,16H,2-13H2,1H3,(H,17,18)/p-1. The molecular formula is C15H29O3-. The number of hydrogen-bond donors (Lipinski definition) is 1. The summed E-state index contributed by atoms with van der Waals surface area (Å²) in [5.41, 5.74) is 0. The molecule has 0 aliphatic heterocycles. The number of carbonyl (C=O) groups excluding carboxylic acids is 1. The summed E-state index contributed by atoms with van der Waals surface area (Å²) in [6, 6.07) is 0. The maximum Gasteiger partial charge on any atom is 0.0592 e. The van der Waals surface area contributed by atoms with Gasteiger partial charge in [-0.25, -0.2) is 0 Å². The Kier molecular flexibility index (Phi) is 12.5. The van der Waals surface area contributed by atoms with Gasteiger partial charge in [-0.2, -0.15) is 0 Å². The lowest BCUT2D eigenvalue weighted by molar-refractivity contribution is -0.307. The van der Waals surface area contributed by atoms with E-state index in [1.54, 1.807) is 0 Å². The molecule has 0 aromatic heterocycles. The summed E-state index contributed by atoms with van der Waals surface area (Å²) >= 11 is 0. The first-order valence-electron chi connectivity index (χ1n) is 7.54. The van der Waals surface area contributed by atoms with Gasteiger partial charge in [0.2, 0.25) is 0 Å². The third-order valence-electron chi connectivity index (χ3n) is 3.29. The molecule has 1 N–H and O–H groups in total. The van der Waals surface area contributed by atoms with E-state index < -0.39 is 12.1 Å². The number of carboxylic acids is 1. The van der Waals surface area contributed by atoms with Crippen molar-refractivity contribution in [2.45, 2.75) is 90.1 Å². The SMILES string of the molecule is CCCCCCCCCCCCC(O)CC(=O)[O-]. The Balaban J connectivity index is 3.09. The first-order chi connectivity index (χ1) is 8.66. The van der Waals surface area contributed by atoms with Crippen molar-refractivity contribution >= 4 is 5.97 Å². The predicted molar refractivity (Wildman–Crippen MR) is 72.1 cm³/mol. The molecule has 0 rings (SSSR count). The third kappa shape index (κ3) is 13.5. The molecule has 0 aliphatic rings. The summed E-state index contributed by atoms with van der Waals surface area (Å²) in [7, 11) is 0. The summed E-state index contributed by atoms with van der Waals surface area (Å²) in [5, 5.41) is 19.5. The minimum absolute atomic E-state index is 0.225. The molecule has 1 atom stereocenters. The van der Waals surface area contributed by atoms with E-state index in [0.717, 1.165) is 12.8 Å². The highest BCUT2D eigenvalue weighted by Gasteiger charge is 2.03. The first-order valence-corrected chi connectivity index (χ1v) is 7.54. The lowest BCUT2D eigenvalue weighted by Crippen LogP contribution is -2.27. The number of carbonyl (C=O) groups is 1. The number of unbranched alkanes of at least 4 members (excludes halogenated alkanes) is 9. The fraction of sp³-hybridized carbons (Fsp3) is 0.933. The molecule has 0 aromatic rings. The number of aliphatic hydroxyl groups excluding tert-OH is 1. The van der Waals surface area contributed by atoms with E-state index >= 15 is 0 Å². The summed E-state index contributed by atoms with van der Waals surface area (Å²) in [4.78, 5) is 10.2. The topological polar surface area (TPSA) is 60.4 Å². The Morgan fingerprint density at radius 1 is 0.944 bits per heavy atom. The van der Waals surface area contributed by atoms with Gasteiger partial charge < -0.3 is 15.0 Å². The molecule has 1 unspecified atom stereocenters. The van der Waals surface area contributed by atoms with E-state index in [1.807, 2.05) is 0 Å². The van der Waals surface area contributed by atoms with Gasteiger partial charge >= 0.3 is 0 Å². The van der Waals surface area contributed by atoms with Crippen molar-refractivity contribution < 1.29 is 15.0 Å². The van der Waals surface area contributed by atoms with Gasteiger partial charge in [0, 0.05) is 12.4 Å². The molecule has 0 heterocycles. The lowest BCUT2D eigenvalue weighted by Gasteiger charge is -2.10. The third-order valence-corrected chi connectivity index (χ3v) is 3.29. The van der Waals surface area contributed by atoms with Crippen molar-refractivity contribution in [3.63, 3.8) is 0 Å². The Bertz CT molecular complexity index is 192. The molecular weight excluding hydrogens is 228 g/mol. The summed E-state index contributed by atoms with van der Waals surface area (Å²) in [6.07, 6.45) is 12.2. The zero-order chi connectivity index (χ0) is 13.6. The van der Waals surface area contributed by atoms with E-state index in [-0.39, 0.29) is 6.42 Å². The van der Waals surface area contributed by atoms with Gasteiger partial charge in [-0.15, -0.1) is 0 Å². The highest BCUT2D eigenvalue weighted by atomic mass is 16.4. The lowest BCUT2D eigenvalue weighted by atomic mass is 10.0. The minimum Gasteiger partial charge on any atom is -0.550 e. The summed E-state index contributed by atoms with van der Waals surface area (Å²) in [5.74, 6) is -1.16. The van der Waals surface area contributed by atoms with Crippen molar-refractivity contribution in [2.24, 2.45) is 0 Å². The van der Waals surface area contributed by atoms with Gasteiger partial charge in [0.1, 0.15) is 0 Å². The predicted octanol–water partition coefficient (Wildman–Crippen LogP) is 2.80. The molecule has 3 heteroatoms. The van der Waals surface area contributed by atoms with Crippen molar-refractivity contribution in [3.8, 4) is 0 Å². The molecule has 108 valence electrons. The van der Waals surface area contributed by atoms with Crippen molar-refractivity contribution in [1.29, 1.82) is 0 Å². The monoisotopic (exact) mass is 257 g/mol. The first kappa shape index (κ1) is 17.4. The number of hydrogen-bond acceptors (Lipinski definition) is 3. The number of carboxylic acid groups (broad SMARTS) is 1. The van der Waals surface area contributed by atoms with Gasteiger partial charge in [-0.05, 0) is 6.42 Å². The van der Waals surface area contributed by atoms with Crippen LogP contribution in [0.25, 0.3) is 0 Å². The van der Waals surface area contributed by atoms with Crippen LogP contribution in [0.5, 0.6) is 0 Å². The van der Waals surface area contributed by atoms with Crippen LogP contribution in [0.15, 0.2) is 0 Å². The molecule has 0 radical (unpaired) electrons. The number of aliphatic carboxylic acids is 1. The average molecular weight is 257 g/mol. The van der Waals surface area contributed by atoms with E-state index in [0.29, 0.717) is 6.42 Å². The normalized spacial score (nSPS) is 12.6. The van der Waals surface area contributed by atoms with Crippen LogP contribution in [-0.4, -0.2) is 17.2 Å². The Hall–Kier alpha value is -0.570. The van der Waals surface area contributed by atoms with E-state index in [1.165, 1.54) is 51.4 Å². The molecule has 0 aliphatic carbocycles. The fourth-order valence-corrected chi connectivity index (χ4v) is 2.16. The number of rotatable bonds is 13. The van der Waals surface area contributed by atoms with Crippen LogP contribution >= 0.6 is 0 Å². The van der Waals surface area contributed by atoms with Crippen LogP contribution in [-0.2, 0) is 4.79 Å². The fourth-order valence-electron chi connectivity index (χ4n) is 2.16. The van der Waals surface area contributed by atoms with Gasteiger partial charge in [0.15, 0.2) is 0 Å². The van der Waals surface area contributed by atoms with Crippen LogP contribution < -0.4 is 5.11 Å². The molecule has 0 saturated carbocycles. The molecule has 0 saturated heterocycles. The Labute approximate surface area is 112 Å². The number of aliphatic hydroxyl groups is 1. The molecule has 3 nitrogen and oxygen atoms in total. The van der Waals surface area contributed by atoms with Crippen LogP contribution in [0.2, 0.25) is 0 Å². The van der Waals surface area contributed by atoms with Crippen LogP contribution in [0.4, 0.5) is 0 Å². The van der Waals surface area contributed by atoms with Crippen molar-refractivity contribution in [2.75, 3.05) is 0 Å². The van der Waals surface area contributed by atoms with Crippen molar-refractivity contribution in [3.05, 3.63) is 0 Å². The average Bonchev–Trinajstić information content (AvgIpc) is 2.30. The van der Waals surface area contributed by atoms with Gasteiger partial charge in [-0.3, -0.25) is 0 Å². The van der Waals surface area contributed by atoms with Crippen LogP contribution in [0, 0.1) is 0 Å². The highest BCUT2D eigenvalue weighted by molar-refractivity contribution is 5.64. The van der Waals surface area contributed by atoms with Crippen LogP contribution in [0.3, 0.4) is 0 Å². The minimum atomic E-state index is -1.16. The van der Waals surface area contributed by atoms with E-state index in [4.69, 9.17) is 0 Å². The zero-order valence-electron chi connectivity index (χ0n) is 11.8. The Morgan fingerprint density at radius 2 is 1.39 bits per heavy atom. The molecule has 0 fully saturated rings. The summed E-state index contributed by atoms with van der Waals surface area (Å²) in [6.45, 7) is 2.23. The second-order valence-corrected chi connectivity index (χ2v) is 5.20. The largest absolute Gasteiger partial charge is 0.550 e. The van der Waals surface area contributed by atoms with Gasteiger partial charge in [0.05, 0.1) is 6.10 Å². The van der Waals surface area contributed by atoms with E-state index in [2.05, 4.69) is 6.92 Å². The quantitative estimate of drug-likeness (QED) is 0.516. The molecule has 0 aromatic carbocycles. The molecule has 0 amide bonds. The highest BCUT2D eigenvalue weighted by Crippen LogP contribution is 2.12. The van der Waals surface area contributed by atoms with Gasteiger partial charge in [0.25, 0.3) is 0 Å². The maximum absolute atomic E-state index is 10.2. The molecule has 18 heavy (non-hydrogen) atoms. The molecule has 0 spiro atoms. The summed E-state index contributed by atoms with van der Waals surface area (Å²) < 4.78 is 0. The zero-order valence-corrected chi connectivity index (χ0v) is 11.8. The second kappa shape index (κ2) is 12.9. The van der Waals surface area contributed by atoms with Crippen molar-refractivity contribution in [1.82, 2.24) is 0 Å². The van der Waals surface area contributed by atoms with Crippen LogP contribution in [0.1, 0.15) is 84.0 Å².